The summed E-state index contributed by atoms with van der Waals surface area (Å²) >= 11 is 0. The van der Waals surface area contributed by atoms with Crippen LogP contribution in [0.5, 0.6) is 0 Å². The second-order valence-electron chi connectivity index (χ2n) is 36.2. The maximum Gasteiger partial charge on any atom is 0.242 e. The number of rotatable bonds is 13. The summed E-state index contributed by atoms with van der Waals surface area (Å²) in [6.07, 6.45) is 22.8. The molecule has 0 atom stereocenters. The lowest BCUT2D eigenvalue weighted by atomic mass is 9.91. The number of hydrogen-bond acceptors (Lipinski definition) is 21. The molecule has 2 amide bonds. The van der Waals surface area contributed by atoms with E-state index >= 15 is 0 Å². The Morgan fingerprint density at radius 3 is 1.27 bits per heavy atom. The number of piperazine rings is 6. The summed E-state index contributed by atoms with van der Waals surface area (Å²) in [5.41, 5.74) is 5.91. The van der Waals surface area contributed by atoms with Crippen LogP contribution in [-0.4, -0.2) is 467 Å². The van der Waals surface area contributed by atoms with Gasteiger partial charge in [0.1, 0.15) is 0 Å². The van der Waals surface area contributed by atoms with Gasteiger partial charge in [0.15, 0.2) is 0 Å². The highest BCUT2D eigenvalue weighted by Crippen LogP contribution is 2.30. The predicted octanol–water partition coefficient (Wildman–Crippen LogP) is 5.48. The Morgan fingerprint density at radius 2 is 0.861 bits per heavy atom. The van der Waals surface area contributed by atoms with Crippen LogP contribution in [0.4, 0.5) is 0 Å². The zero-order chi connectivity index (χ0) is 78.6. The SMILES string of the molecule is CC(C)N1CCN(C)CC1.CCN1CCN(C)CC1.CN1CCC(Cc2cccnc2)CC1.CN1CCC(N(C)C)CC1.CN1CCC(N2CCOCC2)CC1.CN1CCN(C(C)(C)C(=O)N2CCCC2)CC1.CN1CCN(C(C)(C)C(N)=O)CC1.CN1CCN(C2CCC2)CC1.CN1CCN(CC2CC2)CC1. The number of piperidine rings is 3. The van der Waals surface area contributed by atoms with Gasteiger partial charge in [-0.3, -0.25) is 39.1 Å². The van der Waals surface area contributed by atoms with Crippen molar-refractivity contribution >= 4 is 11.8 Å². The average Bonchev–Trinajstić information content (AvgIpc) is 1.29. The fourth-order valence-electron chi connectivity index (χ4n) is 16.4. The van der Waals surface area contributed by atoms with Crippen molar-refractivity contribution in [1.29, 1.82) is 0 Å². The maximum absolute atomic E-state index is 12.5. The number of carbonyl (C=O) groups excluding carboxylic acids is 2. The molecule has 11 saturated heterocycles. The smallest absolute Gasteiger partial charge is 0.242 e. The van der Waals surface area contributed by atoms with Crippen LogP contribution in [0.3, 0.4) is 0 Å². The van der Waals surface area contributed by atoms with Crippen LogP contribution in [0.15, 0.2) is 24.5 Å². The molecule has 2 aliphatic carbocycles. The van der Waals surface area contributed by atoms with Gasteiger partial charge in [-0.25, -0.2) is 0 Å². The van der Waals surface area contributed by atoms with Crippen LogP contribution in [0.25, 0.3) is 0 Å². The number of morpholine rings is 1. The van der Waals surface area contributed by atoms with E-state index in [1.54, 1.807) is 0 Å². The van der Waals surface area contributed by atoms with Gasteiger partial charge in [0.05, 0.1) is 24.3 Å². The molecule has 13 fully saturated rings. The number of ether oxygens (including phenoxy) is 1. The molecular weight excluding hydrogens is 1350 g/mol. The molecule has 0 bridgehead atoms. The molecule has 108 heavy (non-hydrogen) atoms. The van der Waals surface area contributed by atoms with Crippen LogP contribution >= 0.6 is 0 Å². The fourth-order valence-corrected chi connectivity index (χ4v) is 16.4. The third kappa shape index (κ3) is 36.0. The third-order valence-corrected chi connectivity index (χ3v) is 26.1. The van der Waals surface area contributed by atoms with Gasteiger partial charge in [0, 0.05) is 226 Å². The monoisotopic (exact) mass is 1520 g/mol. The summed E-state index contributed by atoms with van der Waals surface area (Å²) in [6.45, 7) is 59.2. The van der Waals surface area contributed by atoms with Crippen LogP contribution in [0.2, 0.25) is 0 Å². The van der Waals surface area contributed by atoms with Crippen LogP contribution in [0.1, 0.15) is 138 Å². The van der Waals surface area contributed by atoms with Gasteiger partial charge >= 0.3 is 0 Å². The van der Waals surface area contributed by atoms with Crippen molar-refractivity contribution in [3.05, 3.63) is 30.1 Å². The van der Waals surface area contributed by atoms with E-state index in [0.717, 1.165) is 128 Å². The molecule has 0 unspecified atom stereocenters. The first-order valence-electron chi connectivity index (χ1n) is 43.7. The molecule has 14 rings (SSSR count). The van der Waals surface area contributed by atoms with Crippen molar-refractivity contribution in [3.63, 3.8) is 0 Å². The minimum Gasteiger partial charge on any atom is -0.379 e. The maximum atomic E-state index is 12.5. The summed E-state index contributed by atoms with van der Waals surface area (Å²) in [6, 6.07) is 7.57. The summed E-state index contributed by atoms with van der Waals surface area (Å²) in [7, 11) is 24.0. The first-order chi connectivity index (χ1) is 51.6. The van der Waals surface area contributed by atoms with Crippen LogP contribution < -0.4 is 5.73 Å². The quantitative estimate of drug-likeness (QED) is 0.267. The van der Waals surface area contributed by atoms with E-state index in [2.05, 4.69) is 206 Å². The van der Waals surface area contributed by atoms with Gasteiger partial charge in [-0.15, -0.1) is 0 Å². The van der Waals surface area contributed by atoms with Gasteiger partial charge in [-0.2, -0.15) is 0 Å². The highest BCUT2D eigenvalue weighted by atomic mass is 16.5. The summed E-state index contributed by atoms with van der Waals surface area (Å²) in [5.74, 6) is 2.02. The van der Waals surface area contributed by atoms with Crippen molar-refractivity contribution in [2.75, 3.05) is 326 Å². The number of likely N-dealkylation sites (tertiary alicyclic amines) is 4. The Bertz CT molecular complexity index is 2410. The minimum absolute atomic E-state index is 0.239. The number of nitrogens with zero attached hydrogens (tertiary/aromatic N) is 19. The van der Waals surface area contributed by atoms with Crippen molar-refractivity contribution in [2.45, 2.75) is 174 Å². The van der Waals surface area contributed by atoms with Gasteiger partial charge in [-0.1, -0.05) is 19.4 Å². The second-order valence-corrected chi connectivity index (χ2v) is 36.2. The number of carbonyl (C=O) groups is 2. The molecular formula is C85H170N20O3. The number of hydrogen-bond donors (Lipinski definition) is 1. The molecule has 0 spiro atoms. The van der Waals surface area contributed by atoms with Crippen LogP contribution in [-0.2, 0) is 20.7 Å². The van der Waals surface area contributed by atoms with Gasteiger partial charge in [0.25, 0.3) is 0 Å². The number of amides is 2. The molecule has 2 N–H and O–H groups in total. The lowest BCUT2D eigenvalue weighted by Crippen LogP contribution is -2.60. The van der Waals surface area contributed by atoms with Crippen molar-refractivity contribution in [3.8, 4) is 0 Å². The molecule has 12 heterocycles. The van der Waals surface area contributed by atoms with Crippen molar-refractivity contribution in [2.24, 2.45) is 17.6 Å². The lowest BCUT2D eigenvalue weighted by Gasteiger charge is -2.43. The number of aromatic nitrogens is 1. The average molecular weight is 1520 g/mol. The molecule has 11 aliphatic heterocycles. The molecule has 2 saturated carbocycles. The topological polar surface area (TPSA) is 141 Å². The Hall–Kier alpha value is -2.63. The highest BCUT2D eigenvalue weighted by molar-refractivity contribution is 5.85. The Kier molecular flexibility index (Phi) is 44.2. The number of pyridine rings is 1. The largest absolute Gasteiger partial charge is 0.379 e. The van der Waals surface area contributed by atoms with E-state index in [1.165, 1.54) is 253 Å². The van der Waals surface area contributed by atoms with E-state index in [4.69, 9.17) is 10.5 Å². The molecule has 1 aromatic rings. The lowest BCUT2D eigenvalue weighted by molar-refractivity contribution is -0.142. The Balaban J connectivity index is 0.000000191. The first-order valence-corrected chi connectivity index (χ1v) is 43.7. The molecule has 23 heteroatoms. The molecule has 0 radical (unpaired) electrons. The summed E-state index contributed by atoms with van der Waals surface area (Å²) in [5, 5.41) is 0. The molecule has 1 aromatic heterocycles. The predicted molar refractivity (Wildman–Crippen MR) is 454 cm³/mol. The zero-order valence-corrected chi connectivity index (χ0v) is 73.3. The van der Waals surface area contributed by atoms with Gasteiger partial charge < -0.3 is 74.2 Å². The number of primary amides is 1. The normalized spacial score (nSPS) is 25.1. The van der Waals surface area contributed by atoms with E-state index in [1.807, 2.05) is 37.2 Å². The van der Waals surface area contributed by atoms with Gasteiger partial charge in [0.2, 0.25) is 11.8 Å². The summed E-state index contributed by atoms with van der Waals surface area (Å²) < 4.78 is 5.36. The number of likely N-dealkylation sites (N-methyl/N-ethyl adjacent to an activating group) is 7. The molecule has 13 aliphatic rings. The highest BCUT2D eigenvalue weighted by Gasteiger charge is 2.40. The molecule has 0 aromatic carbocycles. The standard InChI is InChI=1S/C13H25N3O.C12H18N2.C10H20N2O.C9H19N3O.2C9H18N2.2C8H18N2.C7H16N2/c1-13(2,12(17)15-6-4-5-7-15)16-10-8-14(3)9-11-16;1-14-7-4-11(5-8-14)9-12-3-2-6-13-10-12;1-11-4-2-10(3-5-11)12-6-8-13-9-7-12;1-9(2,8(10)13)12-6-4-11(3)5-7-12;1-10-4-6-11(7-5-10)8-9-2-3-9;1-10-5-7-11(8-6-10)9-3-2-4-9;1-9(2)8-4-6-10(3)7-5-8;1-8(2)10-6-4-9(3)5-7-10;1-3-9-6-4-8(2)5-7-9/h4-11H2,1-3H3;2-3,6,10-11H,4-5,7-9H2,1H3;10H,2-9H2,1H3;4-7H2,1-3H3,(H2,10,13);2*9H,2-8H2,1H3;2*8H,4-7H2,1-3H3;3-7H2,1-2H3. The van der Waals surface area contributed by atoms with E-state index in [9.17, 15) is 9.59 Å². The van der Waals surface area contributed by atoms with Gasteiger partial charge in [-0.05, 0) is 272 Å². The third-order valence-electron chi connectivity index (χ3n) is 26.1. The second kappa shape index (κ2) is 50.7. The molecule has 23 nitrogen and oxygen atoms in total. The first kappa shape index (κ1) is 94.2. The van der Waals surface area contributed by atoms with Crippen molar-refractivity contribution in [1.82, 2.24) is 93.2 Å². The van der Waals surface area contributed by atoms with E-state index in [0.29, 0.717) is 5.91 Å². The van der Waals surface area contributed by atoms with Crippen molar-refractivity contribution < 1.29 is 14.3 Å². The Morgan fingerprint density at radius 1 is 0.463 bits per heavy atom. The molecule has 628 valence electrons. The van der Waals surface area contributed by atoms with E-state index in [-0.39, 0.29) is 11.4 Å². The zero-order valence-electron chi connectivity index (χ0n) is 73.3. The minimum atomic E-state index is -0.499. The Labute approximate surface area is 663 Å². The summed E-state index contributed by atoms with van der Waals surface area (Å²) in [4.78, 5) is 71.1. The van der Waals surface area contributed by atoms with E-state index < -0.39 is 5.54 Å². The van der Waals surface area contributed by atoms with Crippen LogP contribution in [0, 0.1) is 11.8 Å². The number of nitrogens with two attached hydrogens (primary N) is 1. The fraction of sp³-hybridized carbons (Fsp3) is 0.918.